The molecule has 4 aromatic carbocycles. The fraction of sp³-hybridized carbons (Fsp3) is 0.200. The zero-order valence-electron chi connectivity index (χ0n) is 23.0. The molecule has 6 unspecified atom stereocenters. The molecule has 1 heterocycles. The van der Waals surface area contributed by atoms with Crippen LogP contribution < -0.4 is 0 Å². The van der Waals surface area contributed by atoms with Crippen molar-refractivity contribution in [2.45, 2.75) is 10.6 Å². The van der Waals surface area contributed by atoms with Gasteiger partial charge >= 0.3 is 42.7 Å². The molecule has 44 heavy (non-hydrogen) atoms. The molecule has 0 amide bonds. The highest BCUT2D eigenvalue weighted by Crippen LogP contribution is 2.65. The monoisotopic (exact) mass is 666 g/mol. The summed E-state index contributed by atoms with van der Waals surface area (Å²) in [6.45, 7) is 0.217. The van der Waals surface area contributed by atoms with E-state index < -0.39 is 42.7 Å². The highest BCUT2D eigenvalue weighted by Gasteiger charge is 2.71. The Morgan fingerprint density at radius 1 is 0.523 bits per heavy atom. The summed E-state index contributed by atoms with van der Waals surface area (Å²) in [5.41, 5.74) is 2.22. The topological polar surface area (TPSA) is 156 Å². The SMILES string of the molecule is O=[P+](O)C1=Cc2cccc3cccc(c23)C1(N1CCN(C2([P+](=O)O)C([P+](=O)O)=Cc3cccc4cccc2c34)CC1)[P+](=O)O. The minimum absolute atomic E-state index is 0.0543. The van der Waals surface area contributed by atoms with Gasteiger partial charge in [-0.25, -0.2) is 9.80 Å². The van der Waals surface area contributed by atoms with E-state index in [0.717, 1.165) is 10.8 Å². The molecule has 0 saturated carbocycles. The molecule has 14 heteroatoms. The van der Waals surface area contributed by atoms with Gasteiger partial charge in [0, 0.05) is 49.5 Å². The molecule has 1 saturated heterocycles. The second-order valence-electron chi connectivity index (χ2n) is 11.0. The number of hydrogen-bond donors (Lipinski definition) is 4. The molecule has 0 spiro atoms. The van der Waals surface area contributed by atoms with Gasteiger partial charge in [0.1, 0.15) is 0 Å². The Morgan fingerprint density at radius 2 is 0.864 bits per heavy atom. The Labute approximate surface area is 255 Å². The molecular weight excluding hydrogens is 640 g/mol. The number of nitrogens with zero attached hydrogens (tertiary/aromatic N) is 2. The molecule has 0 aromatic heterocycles. The van der Waals surface area contributed by atoms with Gasteiger partial charge in [-0.2, -0.15) is 19.6 Å². The van der Waals surface area contributed by atoms with Gasteiger partial charge in [0.15, 0.2) is 0 Å². The first-order valence-corrected chi connectivity index (χ1v) is 18.6. The Hall–Kier alpha value is -2.96. The Balaban J connectivity index is 1.37. The van der Waals surface area contributed by atoms with Crippen LogP contribution in [0.3, 0.4) is 0 Å². The minimum Gasteiger partial charge on any atom is -0.241 e. The minimum atomic E-state index is -3.14. The third kappa shape index (κ3) is 3.99. The lowest BCUT2D eigenvalue weighted by Gasteiger charge is -2.43. The Morgan fingerprint density at radius 3 is 1.18 bits per heavy atom. The summed E-state index contributed by atoms with van der Waals surface area (Å²) in [6, 6.07) is 21.6. The van der Waals surface area contributed by atoms with Crippen molar-refractivity contribution in [2.75, 3.05) is 26.2 Å². The van der Waals surface area contributed by atoms with E-state index in [1.807, 2.05) is 36.4 Å². The molecule has 3 aliphatic rings. The number of piperazine rings is 1. The van der Waals surface area contributed by atoms with Gasteiger partial charge < -0.3 is 0 Å². The summed E-state index contributed by atoms with van der Waals surface area (Å²) in [5.74, 6) is 0. The van der Waals surface area contributed by atoms with Crippen LogP contribution in [0.5, 0.6) is 0 Å². The summed E-state index contributed by atoms with van der Waals surface area (Å²) in [7, 11) is -12.4. The number of hydrogen-bond acceptors (Lipinski definition) is 6. The van der Waals surface area contributed by atoms with Crippen molar-refractivity contribution < 1.29 is 37.8 Å². The van der Waals surface area contributed by atoms with Crippen molar-refractivity contribution in [1.82, 2.24) is 9.80 Å². The van der Waals surface area contributed by atoms with E-state index in [4.69, 9.17) is 0 Å². The molecule has 0 radical (unpaired) electrons. The normalized spacial score (nSPS) is 24.9. The fourth-order valence-corrected chi connectivity index (χ4v) is 12.1. The van der Waals surface area contributed by atoms with Crippen LogP contribution in [-0.4, -0.2) is 55.6 Å². The van der Waals surface area contributed by atoms with Crippen LogP contribution >= 0.6 is 32.1 Å². The summed E-state index contributed by atoms with van der Waals surface area (Å²) < 4.78 is 52.9. The molecule has 1 fully saturated rings. The van der Waals surface area contributed by atoms with E-state index >= 15 is 0 Å². The molecule has 4 aromatic rings. The molecule has 10 nitrogen and oxygen atoms in total. The lowest BCUT2D eigenvalue weighted by Crippen LogP contribution is -2.59. The third-order valence-corrected chi connectivity index (χ3v) is 13.8. The van der Waals surface area contributed by atoms with E-state index in [2.05, 4.69) is 0 Å². The maximum Gasteiger partial charge on any atom is 0.549 e. The summed E-state index contributed by atoms with van der Waals surface area (Å²) >= 11 is 0. The van der Waals surface area contributed by atoms with Gasteiger partial charge in [-0.3, -0.25) is 0 Å². The number of benzene rings is 4. The molecule has 6 atom stereocenters. The van der Waals surface area contributed by atoms with Crippen molar-refractivity contribution >= 4 is 65.8 Å². The first-order chi connectivity index (χ1) is 21.1. The van der Waals surface area contributed by atoms with E-state index in [-0.39, 0.29) is 36.8 Å². The maximum atomic E-state index is 13.5. The zero-order chi connectivity index (χ0) is 31.0. The maximum absolute atomic E-state index is 13.5. The first-order valence-electron chi connectivity index (χ1n) is 13.8. The van der Waals surface area contributed by atoms with Crippen LogP contribution in [0.15, 0.2) is 83.4 Å². The van der Waals surface area contributed by atoms with Gasteiger partial charge in [0.2, 0.25) is 0 Å². The number of rotatable bonds is 6. The van der Waals surface area contributed by atoms with E-state index in [1.54, 1.807) is 46.2 Å². The van der Waals surface area contributed by atoms with Crippen molar-refractivity contribution in [1.29, 1.82) is 0 Å². The molecule has 7 rings (SSSR count). The second-order valence-corrected chi connectivity index (χ2v) is 15.4. The second kappa shape index (κ2) is 10.8. The van der Waals surface area contributed by atoms with Gasteiger partial charge in [-0.1, -0.05) is 72.8 Å². The summed E-state index contributed by atoms with van der Waals surface area (Å²) in [5, 5.41) is -0.780. The average Bonchev–Trinajstić information content (AvgIpc) is 3.01. The van der Waals surface area contributed by atoms with E-state index in [1.165, 1.54) is 12.2 Å². The third-order valence-electron chi connectivity index (χ3n) is 9.08. The molecule has 2 aliphatic carbocycles. The standard InChI is InChI=1S/C30H22N2O8P4/c33-41(34)25-17-21-9-1-5-19-7-3-11-23(27(19)21)29(25,43(37)38)31-13-15-32(16-14-31)30(44(39)40)24-12-4-8-20-6-2-10-22(28(20)24)18-26(30)42(35)36/h1-12,17-18H,13-16H2/p+4. The highest BCUT2D eigenvalue weighted by molar-refractivity contribution is 7.48. The average molecular weight is 666 g/mol. The van der Waals surface area contributed by atoms with Crippen LogP contribution in [0.1, 0.15) is 22.3 Å². The Bertz CT molecular complexity index is 1880. The van der Waals surface area contributed by atoms with Crippen LogP contribution in [0.25, 0.3) is 33.7 Å². The molecule has 0 bridgehead atoms. The fourth-order valence-electron chi connectivity index (χ4n) is 7.37. The predicted octanol–water partition coefficient (Wildman–Crippen LogP) is 6.26. The smallest absolute Gasteiger partial charge is 0.241 e. The van der Waals surface area contributed by atoms with Crippen molar-refractivity contribution in [3.05, 3.63) is 106 Å². The lowest BCUT2D eigenvalue weighted by molar-refractivity contribution is 0.0584. The van der Waals surface area contributed by atoms with Gasteiger partial charge in [0.25, 0.3) is 10.6 Å². The zero-order valence-corrected chi connectivity index (χ0v) is 26.6. The highest BCUT2D eigenvalue weighted by atomic mass is 31.1. The largest absolute Gasteiger partial charge is 0.549 e. The molecular formula is C30H26N2O8P4+4. The van der Waals surface area contributed by atoms with Gasteiger partial charge in [0.05, 0.1) is 0 Å². The quantitative estimate of drug-likeness (QED) is 0.173. The summed E-state index contributed by atoms with van der Waals surface area (Å²) in [6.07, 6.45) is 3.04. The molecule has 4 N–H and O–H groups in total. The van der Waals surface area contributed by atoms with E-state index in [9.17, 15) is 37.8 Å². The van der Waals surface area contributed by atoms with Crippen LogP contribution in [0, 0.1) is 0 Å². The first kappa shape index (κ1) is 29.7. The van der Waals surface area contributed by atoms with Gasteiger partial charge in [-0.05, 0) is 50.9 Å². The van der Waals surface area contributed by atoms with Crippen LogP contribution in [0.4, 0.5) is 0 Å². The molecule has 1 aliphatic heterocycles. The van der Waals surface area contributed by atoms with Gasteiger partial charge in [-0.15, -0.1) is 0 Å². The van der Waals surface area contributed by atoms with Crippen molar-refractivity contribution in [3.8, 4) is 0 Å². The Kier molecular flexibility index (Phi) is 7.32. The van der Waals surface area contributed by atoms with E-state index in [0.29, 0.717) is 33.0 Å². The lowest BCUT2D eigenvalue weighted by atomic mass is 9.87. The van der Waals surface area contributed by atoms with Crippen molar-refractivity contribution in [3.63, 3.8) is 0 Å². The predicted molar refractivity (Wildman–Crippen MR) is 170 cm³/mol. The van der Waals surface area contributed by atoms with Crippen molar-refractivity contribution in [2.24, 2.45) is 0 Å². The molecule has 220 valence electrons. The van der Waals surface area contributed by atoms with Crippen LogP contribution in [0.2, 0.25) is 0 Å². The van der Waals surface area contributed by atoms with Crippen LogP contribution in [-0.2, 0) is 28.8 Å². The summed E-state index contributed by atoms with van der Waals surface area (Å²) in [4.78, 5) is 46.6.